The van der Waals surface area contributed by atoms with Gasteiger partial charge in [0.2, 0.25) is 0 Å². The molecule has 1 aromatic heterocycles. The van der Waals surface area contributed by atoms with E-state index in [2.05, 4.69) is 4.98 Å². The normalized spacial score (nSPS) is 10.5. The quantitative estimate of drug-likeness (QED) is 0.627. The first-order chi connectivity index (χ1) is 11.8. The fraction of sp³-hybridized carbons (Fsp3) is 0.235. The van der Waals surface area contributed by atoms with Crippen molar-refractivity contribution in [2.24, 2.45) is 0 Å². The van der Waals surface area contributed by atoms with Crippen molar-refractivity contribution in [3.05, 3.63) is 45.2 Å². The van der Waals surface area contributed by atoms with Crippen molar-refractivity contribution in [1.29, 1.82) is 0 Å². The molecule has 0 saturated carbocycles. The first-order valence-electron chi connectivity index (χ1n) is 7.54. The fourth-order valence-corrected chi connectivity index (χ4v) is 2.54. The zero-order valence-electron chi connectivity index (χ0n) is 13.8. The molecule has 0 amide bonds. The van der Waals surface area contributed by atoms with Crippen LogP contribution in [0.3, 0.4) is 0 Å². The number of hydrogen-bond acceptors (Lipinski definition) is 5. The van der Waals surface area contributed by atoms with Crippen LogP contribution in [0.15, 0.2) is 23.0 Å². The number of carbonyl (C=O) groups is 2. The summed E-state index contributed by atoms with van der Waals surface area (Å²) in [5.74, 6) is -2.81. The van der Waals surface area contributed by atoms with Gasteiger partial charge in [0.25, 0.3) is 5.56 Å². The molecule has 0 atom stereocenters. The number of aromatic nitrogens is 1. The molecule has 0 aliphatic heterocycles. The molecule has 0 fully saturated rings. The van der Waals surface area contributed by atoms with E-state index in [1.54, 1.807) is 19.1 Å². The van der Waals surface area contributed by atoms with E-state index in [0.29, 0.717) is 17.9 Å². The second-order valence-electron chi connectivity index (χ2n) is 5.43. The lowest BCUT2D eigenvalue weighted by Crippen LogP contribution is -2.24. The van der Waals surface area contributed by atoms with Crippen LogP contribution in [0.25, 0.3) is 11.1 Å². The van der Waals surface area contributed by atoms with Gasteiger partial charge in [-0.1, -0.05) is 13.0 Å². The Bertz CT molecular complexity index is 901. The summed E-state index contributed by atoms with van der Waals surface area (Å²) < 4.78 is 5.50. The molecule has 0 spiro atoms. The maximum absolute atomic E-state index is 12.0. The number of carboxylic acids is 2. The highest BCUT2D eigenvalue weighted by Crippen LogP contribution is 2.33. The number of aromatic amines is 1. The minimum atomic E-state index is -1.54. The lowest BCUT2D eigenvalue weighted by atomic mass is 9.92. The van der Waals surface area contributed by atoms with Gasteiger partial charge in [-0.25, -0.2) is 9.59 Å². The van der Waals surface area contributed by atoms with Crippen LogP contribution in [-0.2, 0) is 0 Å². The number of anilines is 1. The summed E-state index contributed by atoms with van der Waals surface area (Å²) in [6.45, 7) is 4.14. The highest BCUT2D eigenvalue weighted by Gasteiger charge is 2.27. The Morgan fingerprint density at radius 1 is 1.20 bits per heavy atom. The van der Waals surface area contributed by atoms with Gasteiger partial charge in [-0.3, -0.25) is 4.79 Å². The Morgan fingerprint density at radius 3 is 2.36 bits per heavy atom. The van der Waals surface area contributed by atoms with Crippen molar-refractivity contribution in [2.45, 2.75) is 20.3 Å². The number of benzene rings is 1. The number of nitrogens with one attached hydrogen (secondary N) is 1. The molecule has 25 heavy (non-hydrogen) atoms. The average molecular weight is 346 g/mol. The standard InChI is InChI=1S/C17H18N2O6/c1-3-6-25-9-4-5-10(8(2)7-9)11-12(16(21)22)14(18)19-15(20)13(11)17(23)24/h4-5,7H,3,6H2,1-2H3,(H,21,22)(H,23,24)(H3,18,19,20). The number of aromatic carboxylic acids is 2. The van der Waals surface area contributed by atoms with Gasteiger partial charge < -0.3 is 25.7 Å². The summed E-state index contributed by atoms with van der Waals surface area (Å²) in [5.41, 5.74) is 4.16. The second-order valence-corrected chi connectivity index (χ2v) is 5.43. The van der Waals surface area contributed by atoms with Gasteiger partial charge in [-0.05, 0) is 36.6 Å². The highest BCUT2D eigenvalue weighted by atomic mass is 16.5. The first kappa shape index (κ1) is 18.1. The molecule has 1 aromatic carbocycles. The van der Waals surface area contributed by atoms with Crippen LogP contribution in [0, 0.1) is 6.92 Å². The summed E-state index contributed by atoms with van der Waals surface area (Å²) >= 11 is 0. The third-order valence-electron chi connectivity index (χ3n) is 3.61. The number of rotatable bonds is 6. The predicted molar refractivity (Wildman–Crippen MR) is 91.4 cm³/mol. The number of nitrogens with two attached hydrogens (primary N) is 1. The first-order valence-corrected chi connectivity index (χ1v) is 7.54. The average Bonchev–Trinajstić information content (AvgIpc) is 2.51. The molecule has 0 bridgehead atoms. The summed E-state index contributed by atoms with van der Waals surface area (Å²) in [5, 5.41) is 18.8. The summed E-state index contributed by atoms with van der Waals surface area (Å²) in [7, 11) is 0. The van der Waals surface area contributed by atoms with Gasteiger partial charge >= 0.3 is 11.9 Å². The number of aryl methyl sites for hydroxylation is 1. The van der Waals surface area contributed by atoms with Gasteiger partial charge in [0, 0.05) is 5.56 Å². The van der Waals surface area contributed by atoms with Gasteiger partial charge in [-0.15, -0.1) is 0 Å². The molecule has 2 aromatic rings. The Balaban J connectivity index is 2.79. The summed E-state index contributed by atoms with van der Waals surface area (Å²) in [6.07, 6.45) is 0.817. The van der Waals surface area contributed by atoms with E-state index in [9.17, 15) is 24.6 Å². The minimum absolute atomic E-state index is 0.221. The van der Waals surface area contributed by atoms with Crippen LogP contribution >= 0.6 is 0 Å². The molecule has 0 radical (unpaired) electrons. The smallest absolute Gasteiger partial charge is 0.342 e. The van der Waals surface area contributed by atoms with Crippen LogP contribution < -0.4 is 16.0 Å². The fourth-order valence-electron chi connectivity index (χ4n) is 2.54. The number of ether oxygens (including phenoxy) is 1. The molecule has 8 nitrogen and oxygen atoms in total. The third-order valence-corrected chi connectivity index (χ3v) is 3.61. The van der Waals surface area contributed by atoms with Gasteiger partial charge in [0.15, 0.2) is 0 Å². The lowest BCUT2D eigenvalue weighted by Gasteiger charge is -2.15. The number of pyridine rings is 1. The largest absolute Gasteiger partial charge is 0.494 e. The number of nitrogen functional groups attached to an aromatic ring is 1. The Labute approximate surface area is 142 Å². The predicted octanol–water partition coefficient (Wildman–Crippen LogP) is 2.12. The van der Waals surface area contributed by atoms with Crippen LogP contribution in [0.4, 0.5) is 5.82 Å². The lowest BCUT2D eigenvalue weighted by molar-refractivity contribution is 0.0695. The van der Waals surface area contributed by atoms with Crippen molar-refractivity contribution in [2.75, 3.05) is 12.3 Å². The topological polar surface area (TPSA) is 143 Å². The van der Waals surface area contributed by atoms with Gasteiger partial charge in [0.1, 0.15) is 22.7 Å². The van der Waals surface area contributed by atoms with E-state index in [4.69, 9.17) is 10.5 Å². The summed E-state index contributed by atoms with van der Waals surface area (Å²) in [4.78, 5) is 37.3. The Kier molecular flexibility index (Phi) is 5.11. The Hall–Kier alpha value is -3.29. The number of carboxylic acid groups (broad SMARTS) is 2. The maximum Gasteiger partial charge on any atom is 0.342 e. The van der Waals surface area contributed by atoms with E-state index in [1.165, 1.54) is 6.07 Å². The molecular weight excluding hydrogens is 328 g/mol. The molecule has 132 valence electrons. The molecule has 0 saturated heterocycles. The maximum atomic E-state index is 12.0. The van der Waals surface area contributed by atoms with Gasteiger partial charge in [-0.2, -0.15) is 0 Å². The molecule has 0 unspecified atom stereocenters. The van der Waals surface area contributed by atoms with Crippen LogP contribution in [0.1, 0.15) is 39.6 Å². The SMILES string of the molecule is CCCOc1ccc(-c2c(C(=O)O)c(N)[nH]c(=O)c2C(=O)O)c(C)c1. The van der Waals surface area contributed by atoms with E-state index >= 15 is 0 Å². The van der Waals surface area contributed by atoms with Crippen LogP contribution in [0.2, 0.25) is 0 Å². The van der Waals surface area contributed by atoms with Crippen molar-refractivity contribution < 1.29 is 24.5 Å². The van der Waals surface area contributed by atoms with Gasteiger partial charge in [0.05, 0.1) is 6.61 Å². The van der Waals surface area contributed by atoms with Crippen LogP contribution in [-0.4, -0.2) is 33.7 Å². The number of hydrogen-bond donors (Lipinski definition) is 4. The molecule has 0 aliphatic carbocycles. The minimum Gasteiger partial charge on any atom is -0.494 e. The van der Waals surface area contributed by atoms with Crippen molar-refractivity contribution >= 4 is 17.8 Å². The van der Waals surface area contributed by atoms with E-state index in [0.717, 1.165) is 6.42 Å². The molecule has 2 rings (SSSR count). The van der Waals surface area contributed by atoms with Crippen molar-refractivity contribution in [3.63, 3.8) is 0 Å². The zero-order chi connectivity index (χ0) is 18.7. The highest BCUT2D eigenvalue weighted by molar-refractivity contribution is 6.07. The Morgan fingerprint density at radius 2 is 1.84 bits per heavy atom. The molecule has 1 heterocycles. The number of H-pyrrole nitrogens is 1. The van der Waals surface area contributed by atoms with Crippen molar-refractivity contribution in [1.82, 2.24) is 4.98 Å². The third kappa shape index (κ3) is 3.47. The van der Waals surface area contributed by atoms with E-state index < -0.39 is 34.4 Å². The van der Waals surface area contributed by atoms with E-state index in [-0.39, 0.29) is 11.1 Å². The van der Waals surface area contributed by atoms with Crippen LogP contribution in [0.5, 0.6) is 5.75 Å². The summed E-state index contributed by atoms with van der Waals surface area (Å²) in [6, 6.07) is 4.76. The molecular formula is C17H18N2O6. The zero-order valence-corrected chi connectivity index (χ0v) is 13.8. The monoisotopic (exact) mass is 346 g/mol. The second kappa shape index (κ2) is 7.08. The van der Waals surface area contributed by atoms with E-state index in [1.807, 2.05) is 6.92 Å². The molecule has 5 N–H and O–H groups in total. The molecule has 8 heteroatoms. The van der Waals surface area contributed by atoms with Crippen molar-refractivity contribution in [3.8, 4) is 16.9 Å². The molecule has 0 aliphatic rings.